The Bertz CT molecular complexity index is 1500. The summed E-state index contributed by atoms with van der Waals surface area (Å²) in [6.07, 6.45) is 3.41. The zero-order chi connectivity index (χ0) is 29.6. The lowest BCUT2D eigenvalue weighted by molar-refractivity contribution is 0.0456. The highest BCUT2D eigenvalue weighted by atomic mass is 35.5. The summed E-state index contributed by atoms with van der Waals surface area (Å²) in [7, 11) is -4.67. The molecule has 2 N–H and O–H groups in total. The number of hydrogen-bond acceptors (Lipinski definition) is 6. The number of halogens is 3. The molecule has 1 fully saturated rings. The summed E-state index contributed by atoms with van der Waals surface area (Å²) in [5.41, 5.74) is 2.73. The smallest absolute Gasteiger partial charge is 0.264 e. The number of anilines is 1. The molecule has 2 aliphatic heterocycles. The molecule has 0 saturated heterocycles. The van der Waals surface area contributed by atoms with E-state index in [2.05, 4.69) is 11.0 Å². The third-order valence-corrected chi connectivity index (χ3v) is 11.5. The van der Waals surface area contributed by atoms with E-state index in [4.69, 9.17) is 16.3 Å². The first kappa shape index (κ1) is 29.4. The van der Waals surface area contributed by atoms with Crippen molar-refractivity contribution in [3.05, 3.63) is 70.3 Å². The first-order valence-corrected chi connectivity index (χ1v) is 16.5. The van der Waals surface area contributed by atoms with Crippen molar-refractivity contribution >= 4 is 33.2 Å². The Balaban J connectivity index is 1.42. The van der Waals surface area contributed by atoms with Crippen LogP contribution in [0.4, 0.5) is 14.5 Å². The van der Waals surface area contributed by atoms with Crippen LogP contribution in [0.2, 0.25) is 5.02 Å². The van der Waals surface area contributed by atoms with Crippen LogP contribution in [0.5, 0.6) is 5.75 Å². The average Bonchev–Trinajstić information content (AvgIpc) is 3.06. The van der Waals surface area contributed by atoms with Crippen LogP contribution < -0.4 is 14.4 Å². The predicted molar refractivity (Wildman–Crippen MR) is 157 cm³/mol. The first-order chi connectivity index (χ1) is 20.1. The van der Waals surface area contributed by atoms with Gasteiger partial charge < -0.3 is 14.7 Å². The van der Waals surface area contributed by atoms with E-state index in [1.807, 2.05) is 16.9 Å². The number of ether oxygens (including phenoxy) is 1. The van der Waals surface area contributed by atoms with Gasteiger partial charge in [0.15, 0.2) is 0 Å². The molecule has 4 aliphatic rings. The predicted octanol–water partition coefficient (Wildman–Crippen LogP) is 5.24. The lowest BCUT2D eigenvalue weighted by atomic mass is 9.68. The summed E-state index contributed by atoms with van der Waals surface area (Å²) in [5, 5.41) is 9.60. The fourth-order valence-electron chi connectivity index (χ4n) is 7.13. The van der Waals surface area contributed by atoms with E-state index < -0.39 is 33.7 Å². The van der Waals surface area contributed by atoms with Crippen molar-refractivity contribution in [3.8, 4) is 5.75 Å². The second kappa shape index (κ2) is 11.4. The van der Waals surface area contributed by atoms with Gasteiger partial charge >= 0.3 is 0 Å². The van der Waals surface area contributed by atoms with E-state index in [1.54, 1.807) is 24.3 Å². The number of allylic oxidation sites excluding steroid dienone is 1. The normalized spacial score (nSPS) is 31.6. The number of carbonyl (C=O) groups excluding carboxylic acids is 1. The zero-order valence-electron chi connectivity index (χ0n) is 23.1. The third-order valence-electron chi connectivity index (χ3n) is 9.53. The van der Waals surface area contributed by atoms with Gasteiger partial charge in [0.1, 0.15) is 11.0 Å². The fourth-order valence-corrected chi connectivity index (χ4v) is 8.57. The number of nitrogens with one attached hydrogen (secondary N) is 1. The maximum absolute atomic E-state index is 13.8. The molecule has 0 radical (unpaired) electrons. The number of aliphatic hydroxyl groups is 1. The maximum atomic E-state index is 13.8. The molecule has 1 amide bonds. The summed E-state index contributed by atoms with van der Waals surface area (Å²) in [4.78, 5) is 15.4. The summed E-state index contributed by atoms with van der Waals surface area (Å²) in [6, 6.07) is 10.7. The number of rotatable bonds is 1. The van der Waals surface area contributed by atoms with E-state index in [0.29, 0.717) is 36.2 Å². The molecule has 0 aromatic heterocycles. The van der Waals surface area contributed by atoms with Gasteiger partial charge in [-0.15, -0.1) is 0 Å². The van der Waals surface area contributed by atoms with E-state index >= 15 is 0 Å². The van der Waals surface area contributed by atoms with Crippen molar-refractivity contribution in [2.45, 2.75) is 68.1 Å². The molecule has 2 bridgehead atoms. The first-order valence-electron chi connectivity index (χ1n) is 14.6. The second-order valence-corrected chi connectivity index (χ2v) is 14.5. The number of benzene rings is 2. The minimum absolute atomic E-state index is 0.0173. The van der Waals surface area contributed by atoms with Crippen molar-refractivity contribution in [1.82, 2.24) is 4.72 Å². The zero-order valence-corrected chi connectivity index (χ0v) is 24.7. The molecule has 11 heteroatoms. The monoisotopic (exact) mass is 620 g/mol. The Morgan fingerprint density at radius 1 is 1.14 bits per heavy atom. The molecule has 6 rings (SSSR count). The minimum Gasteiger partial charge on any atom is -0.490 e. The lowest BCUT2D eigenvalue weighted by Crippen LogP contribution is -2.49. The van der Waals surface area contributed by atoms with Crippen molar-refractivity contribution in [3.63, 3.8) is 0 Å². The van der Waals surface area contributed by atoms with Crippen LogP contribution in [0, 0.1) is 11.8 Å². The number of sulfonamides is 1. The number of aryl methyl sites for hydroxylation is 1. The Labute approximate surface area is 249 Å². The molecule has 2 aromatic carbocycles. The standard InChI is InChI=1S/C31H35ClF2N2O5S/c32-22-9-11-24-19(14-22)4-3-13-31(24)17-36-16-21-7-10-23(21)26(37)5-1-2-6-28(29(33)34)42(39,40)35-30(38)20-8-12-27(41-18-31)25(36)15-20/h1,5,8-9,11-12,14-15,21,23,26,28-29,37H,2-4,6-7,10,13,16-18H2,(H,35,38)/b5-1+/t21-,23+,26-,28-,31-/m0/s1. The van der Waals surface area contributed by atoms with Crippen LogP contribution in [0.25, 0.3) is 0 Å². The topological polar surface area (TPSA) is 95.9 Å². The van der Waals surface area contributed by atoms with Crippen LogP contribution in [-0.2, 0) is 21.9 Å². The molecular weight excluding hydrogens is 586 g/mol. The highest BCUT2D eigenvalue weighted by Crippen LogP contribution is 2.46. The number of amides is 1. The molecule has 42 heavy (non-hydrogen) atoms. The van der Waals surface area contributed by atoms with Crippen molar-refractivity contribution in [2.24, 2.45) is 11.8 Å². The quantitative estimate of drug-likeness (QED) is 0.423. The average molecular weight is 621 g/mol. The largest absolute Gasteiger partial charge is 0.490 e. The van der Waals surface area contributed by atoms with E-state index in [9.17, 15) is 27.1 Å². The van der Waals surface area contributed by atoms with E-state index in [0.717, 1.165) is 32.1 Å². The fraction of sp³-hybridized carbons (Fsp3) is 0.516. The molecule has 1 spiro atoms. The van der Waals surface area contributed by atoms with Crippen molar-refractivity contribution < 1.29 is 31.8 Å². The lowest BCUT2D eigenvalue weighted by Gasteiger charge is -2.45. The molecule has 226 valence electrons. The van der Waals surface area contributed by atoms with Gasteiger partial charge in [0, 0.05) is 29.1 Å². The molecule has 2 heterocycles. The Morgan fingerprint density at radius 3 is 2.74 bits per heavy atom. The van der Waals surface area contributed by atoms with Gasteiger partial charge in [0.2, 0.25) is 10.0 Å². The Hall–Kier alpha value is -2.69. The number of alkyl halides is 2. The number of carbonyl (C=O) groups is 1. The molecular formula is C31H35ClF2N2O5S. The highest BCUT2D eigenvalue weighted by molar-refractivity contribution is 7.90. The molecule has 7 nitrogen and oxygen atoms in total. The minimum atomic E-state index is -4.67. The number of hydrogen-bond donors (Lipinski definition) is 2. The van der Waals surface area contributed by atoms with Gasteiger partial charge in [-0.05, 0) is 98.2 Å². The molecule has 2 aromatic rings. The number of aliphatic hydroxyl groups excluding tert-OH is 1. The van der Waals surface area contributed by atoms with Gasteiger partial charge in [-0.3, -0.25) is 4.79 Å². The van der Waals surface area contributed by atoms with E-state index in [1.165, 1.54) is 17.2 Å². The molecule has 2 aliphatic carbocycles. The van der Waals surface area contributed by atoms with Crippen molar-refractivity contribution in [2.75, 3.05) is 24.6 Å². The van der Waals surface area contributed by atoms with Crippen LogP contribution in [0.1, 0.15) is 60.0 Å². The van der Waals surface area contributed by atoms with Gasteiger partial charge in [-0.1, -0.05) is 29.8 Å². The third kappa shape index (κ3) is 5.53. The van der Waals surface area contributed by atoms with Crippen LogP contribution in [-0.4, -0.2) is 56.9 Å². The molecule has 5 atom stereocenters. The van der Waals surface area contributed by atoms with Gasteiger partial charge in [0.25, 0.3) is 12.3 Å². The van der Waals surface area contributed by atoms with Gasteiger partial charge in [-0.25, -0.2) is 21.9 Å². The van der Waals surface area contributed by atoms with Crippen LogP contribution >= 0.6 is 11.6 Å². The van der Waals surface area contributed by atoms with Crippen LogP contribution in [0.3, 0.4) is 0 Å². The highest BCUT2D eigenvalue weighted by Gasteiger charge is 2.44. The van der Waals surface area contributed by atoms with E-state index in [-0.39, 0.29) is 35.7 Å². The Kier molecular flexibility index (Phi) is 8.00. The van der Waals surface area contributed by atoms with Gasteiger partial charge in [0.05, 0.1) is 18.4 Å². The number of nitrogens with zero attached hydrogens (tertiary/aromatic N) is 1. The summed E-state index contributed by atoms with van der Waals surface area (Å²) < 4.78 is 61.7. The Morgan fingerprint density at radius 2 is 1.98 bits per heavy atom. The SMILES string of the molecule is O=C1NS(=O)(=O)[C@H](C(F)F)CC/C=C/[C@H](O)[C@@H]2CC[C@H]2CN2C[C@@]3(CCCc4cc(Cl)ccc43)COc3ccc1cc32. The summed E-state index contributed by atoms with van der Waals surface area (Å²) >= 11 is 6.35. The summed E-state index contributed by atoms with van der Waals surface area (Å²) in [6.45, 7) is 1.63. The van der Waals surface area contributed by atoms with Gasteiger partial charge in [-0.2, -0.15) is 0 Å². The molecule has 0 unspecified atom stereocenters. The second-order valence-electron chi connectivity index (χ2n) is 12.1. The summed E-state index contributed by atoms with van der Waals surface area (Å²) in [5.74, 6) is -0.244. The molecule has 1 saturated carbocycles. The van der Waals surface area contributed by atoms with Crippen LogP contribution in [0.15, 0.2) is 48.6 Å². The number of fused-ring (bicyclic) bond motifs is 4. The maximum Gasteiger partial charge on any atom is 0.264 e. The van der Waals surface area contributed by atoms with Crippen molar-refractivity contribution in [1.29, 1.82) is 0 Å².